The van der Waals surface area contributed by atoms with Crippen molar-refractivity contribution in [2.75, 3.05) is 0 Å². The first kappa shape index (κ1) is 11.1. The van der Waals surface area contributed by atoms with Crippen LogP contribution in [-0.4, -0.2) is 26.0 Å². The van der Waals surface area contributed by atoms with E-state index in [1.54, 1.807) is 17.8 Å². The van der Waals surface area contributed by atoms with Crippen LogP contribution in [0.1, 0.15) is 10.5 Å². The molecule has 2 N–H and O–H groups in total. The molecule has 0 bridgehead atoms. The van der Waals surface area contributed by atoms with Crippen LogP contribution in [-0.2, 0) is 0 Å². The molecule has 3 rings (SSSR count). The number of rotatable bonds is 3. The number of carbonyl (C=O) groups is 1. The van der Waals surface area contributed by atoms with Crippen molar-refractivity contribution in [2.24, 2.45) is 0 Å². The third-order valence-electron chi connectivity index (χ3n) is 2.36. The summed E-state index contributed by atoms with van der Waals surface area (Å²) in [6, 6.07) is 1.57. The average molecular weight is 277 g/mol. The van der Waals surface area contributed by atoms with Gasteiger partial charge in [0, 0.05) is 22.5 Å². The summed E-state index contributed by atoms with van der Waals surface area (Å²) in [7, 11) is 0. The number of aromatic nitrogens is 3. The molecule has 7 heteroatoms. The van der Waals surface area contributed by atoms with Crippen LogP contribution in [0.5, 0.6) is 0 Å². The Balaban J connectivity index is 1.95. The number of nitrogens with one attached hydrogen (secondary N) is 1. The lowest BCUT2D eigenvalue weighted by molar-refractivity contribution is 0.0691. The molecule has 0 aromatic carbocycles. The van der Waals surface area contributed by atoms with Gasteiger partial charge in [0.2, 0.25) is 0 Å². The highest BCUT2D eigenvalue weighted by Gasteiger charge is 2.11. The summed E-state index contributed by atoms with van der Waals surface area (Å²) in [5.74, 6) is -0.976. The van der Waals surface area contributed by atoms with Crippen LogP contribution in [0.3, 0.4) is 0 Å². The van der Waals surface area contributed by atoms with Crippen LogP contribution in [0, 0.1) is 0 Å². The van der Waals surface area contributed by atoms with Crippen molar-refractivity contribution in [3.05, 3.63) is 34.2 Å². The average Bonchev–Trinajstić information content (AvgIpc) is 3.10. The molecule has 0 fully saturated rings. The summed E-state index contributed by atoms with van der Waals surface area (Å²) in [5, 5.41) is 13.5. The van der Waals surface area contributed by atoms with Gasteiger partial charge in [0.15, 0.2) is 0 Å². The Hall–Kier alpha value is -1.99. The Morgan fingerprint density at radius 3 is 2.89 bits per heavy atom. The third-order valence-corrected chi connectivity index (χ3v) is 3.82. The number of carboxylic acid groups (broad SMARTS) is 1. The Bertz CT molecular complexity index is 685. The van der Waals surface area contributed by atoms with Crippen LogP contribution in [0.4, 0.5) is 0 Å². The van der Waals surface area contributed by atoms with Gasteiger partial charge >= 0.3 is 5.97 Å². The molecule has 0 aliphatic rings. The number of hydrogen-bond donors (Lipinski definition) is 2. The van der Waals surface area contributed by atoms with E-state index in [0.29, 0.717) is 0 Å². The second-order valence-electron chi connectivity index (χ2n) is 3.52. The predicted molar refractivity (Wildman–Crippen MR) is 70.0 cm³/mol. The first-order valence-electron chi connectivity index (χ1n) is 5.00. The molecule has 0 aliphatic heterocycles. The van der Waals surface area contributed by atoms with Crippen molar-refractivity contribution >= 4 is 28.6 Å². The molecule has 5 nitrogen and oxygen atoms in total. The number of H-pyrrole nitrogens is 1. The topological polar surface area (TPSA) is 78.9 Å². The maximum Gasteiger partial charge on any atom is 0.352 e. The molecule has 3 aromatic rings. The van der Waals surface area contributed by atoms with E-state index >= 15 is 0 Å². The monoisotopic (exact) mass is 277 g/mol. The number of hydrogen-bond acceptors (Lipinski definition) is 5. The van der Waals surface area contributed by atoms with Crippen LogP contribution in [0.15, 0.2) is 28.5 Å². The molecule has 0 aliphatic carbocycles. The molecular weight excluding hydrogens is 270 g/mol. The third kappa shape index (κ3) is 1.93. The summed E-state index contributed by atoms with van der Waals surface area (Å²) >= 11 is 3.01. The van der Waals surface area contributed by atoms with E-state index in [1.807, 2.05) is 10.8 Å². The Kier molecular flexibility index (Phi) is 2.69. The van der Waals surface area contributed by atoms with Crippen LogP contribution in [0.25, 0.3) is 22.0 Å². The Morgan fingerprint density at radius 1 is 1.33 bits per heavy atom. The predicted octanol–water partition coefficient (Wildman–Crippen LogP) is 2.96. The summed E-state index contributed by atoms with van der Waals surface area (Å²) in [6.07, 6.45) is 1.64. The molecule has 90 valence electrons. The maximum absolute atomic E-state index is 10.8. The zero-order chi connectivity index (χ0) is 12.5. The van der Waals surface area contributed by atoms with E-state index < -0.39 is 5.97 Å². The number of nitrogens with zero attached hydrogens (tertiary/aromatic N) is 2. The summed E-state index contributed by atoms with van der Waals surface area (Å²) in [4.78, 5) is 22.1. The molecule has 0 unspecified atom stereocenters. The van der Waals surface area contributed by atoms with Crippen molar-refractivity contribution in [1.82, 2.24) is 15.0 Å². The standard InChI is InChI=1S/C11H7N3O2S2/c15-11(16)7-1-6(2-12-7)8-4-18-10(14-8)9-3-17-5-13-9/h1-5,12H,(H,15,16). The van der Waals surface area contributed by atoms with E-state index in [9.17, 15) is 4.79 Å². The molecule has 3 heterocycles. The minimum absolute atomic E-state index is 0.160. The summed E-state index contributed by atoms with van der Waals surface area (Å²) < 4.78 is 0. The van der Waals surface area contributed by atoms with Gasteiger partial charge in [-0.2, -0.15) is 0 Å². The van der Waals surface area contributed by atoms with Crippen molar-refractivity contribution in [3.63, 3.8) is 0 Å². The lowest BCUT2D eigenvalue weighted by atomic mass is 10.2. The SMILES string of the molecule is O=C(O)c1cc(-c2csc(-c3cscn3)n2)c[nH]1. The van der Waals surface area contributed by atoms with Gasteiger partial charge in [0.1, 0.15) is 16.4 Å². The first-order valence-corrected chi connectivity index (χ1v) is 6.82. The Labute approximate surface area is 110 Å². The minimum Gasteiger partial charge on any atom is -0.477 e. The fraction of sp³-hybridized carbons (Fsp3) is 0. The summed E-state index contributed by atoms with van der Waals surface area (Å²) in [5.41, 5.74) is 4.30. The number of aromatic carboxylic acids is 1. The lowest BCUT2D eigenvalue weighted by Crippen LogP contribution is -1.94. The lowest BCUT2D eigenvalue weighted by Gasteiger charge is -1.88. The second kappa shape index (κ2) is 4.35. The molecular formula is C11H7N3O2S2. The van der Waals surface area contributed by atoms with Gasteiger partial charge in [-0.1, -0.05) is 0 Å². The van der Waals surface area contributed by atoms with Crippen molar-refractivity contribution in [3.8, 4) is 22.0 Å². The molecule has 0 spiro atoms. The largest absolute Gasteiger partial charge is 0.477 e. The zero-order valence-electron chi connectivity index (χ0n) is 8.95. The maximum atomic E-state index is 10.8. The molecule has 3 aromatic heterocycles. The minimum atomic E-state index is -0.976. The quantitative estimate of drug-likeness (QED) is 0.771. The van der Waals surface area contributed by atoms with Gasteiger partial charge in [-0.15, -0.1) is 22.7 Å². The fourth-order valence-electron chi connectivity index (χ4n) is 1.51. The van der Waals surface area contributed by atoms with Gasteiger partial charge in [-0.05, 0) is 6.07 Å². The molecule has 0 atom stereocenters. The highest BCUT2D eigenvalue weighted by Crippen LogP contribution is 2.28. The van der Waals surface area contributed by atoms with E-state index in [2.05, 4.69) is 15.0 Å². The smallest absolute Gasteiger partial charge is 0.352 e. The number of carboxylic acids is 1. The molecule has 0 radical (unpaired) electrons. The Morgan fingerprint density at radius 2 is 2.22 bits per heavy atom. The van der Waals surface area contributed by atoms with Crippen LogP contribution in [0.2, 0.25) is 0 Å². The number of aromatic amines is 1. The highest BCUT2D eigenvalue weighted by molar-refractivity contribution is 7.14. The van der Waals surface area contributed by atoms with Crippen LogP contribution < -0.4 is 0 Å². The van der Waals surface area contributed by atoms with Crippen LogP contribution >= 0.6 is 22.7 Å². The van der Waals surface area contributed by atoms with Gasteiger partial charge < -0.3 is 10.1 Å². The molecule has 0 saturated heterocycles. The van der Waals surface area contributed by atoms with E-state index in [0.717, 1.165) is 22.0 Å². The second-order valence-corrected chi connectivity index (χ2v) is 5.10. The van der Waals surface area contributed by atoms with Gasteiger partial charge in [-0.25, -0.2) is 14.8 Å². The zero-order valence-corrected chi connectivity index (χ0v) is 10.6. The highest BCUT2D eigenvalue weighted by atomic mass is 32.1. The molecule has 18 heavy (non-hydrogen) atoms. The van der Waals surface area contributed by atoms with E-state index in [1.165, 1.54) is 22.7 Å². The van der Waals surface area contributed by atoms with Gasteiger partial charge in [0.25, 0.3) is 0 Å². The summed E-state index contributed by atoms with van der Waals surface area (Å²) in [6.45, 7) is 0. The van der Waals surface area contributed by atoms with E-state index in [-0.39, 0.29) is 5.69 Å². The van der Waals surface area contributed by atoms with E-state index in [4.69, 9.17) is 5.11 Å². The van der Waals surface area contributed by atoms with Gasteiger partial charge in [-0.3, -0.25) is 0 Å². The first-order chi connectivity index (χ1) is 8.74. The van der Waals surface area contributed by atoms with Crippen molar-refractivity contribution < 1.29 is 9.90 Å². The number of thiazole rings is 2. The molecule has 0 saturated carbocycles. The normalized spacial score (nSPS) is 10.7. The van der Waals surface area contributed by atoms with Gasteiger partial charge in [0.05, 0.1) is 11.2 Å². The molecule has 0 amide bonds. The van der Waals surface area contributed by atoms with Crippen molar-refractivity contribution in [1.29, 1.82) is 0 Å². The van der Waals surface area contributed by atoms with Crippen molar-refractivity contribution in [2.45, 2.75) is 0 Å². The fourth-order valence-corrected chi connectivity index (χ4v) is 2.91.